The normalized spacial score (nSPS) is 16.2. The largest absolute Gasteiger partial charge is 0.118 e. The monoisotopic (exact) mass is 132 g/mol. The van der Waals surface area contributed by atoms with Crippen LogP contribution >= 0.6 is 11.6 Å². The molecule has 0 radical (unpaired) electrons. The third-order valence-electron chi connectivity index (χ3n) is 1.31. The van der Waals surface area contributed by atoms with E-state index in [2.05, 4.69) is 19.9 Å². The standard InChI is InChI=1S/C7H13Cl/c1-4-6(3)7(8)5-2/h4,7H,5H2,1-3H3. The Morgan fingerprint density at radius 2 is 2.25 bits per heavy atom. The van der Waals surface area contributed by atoms with Crippen LogP contribution in [0.25, 0.3) is 0 Å². The van der Waals surface area contributed by atoms with Gasteiger partial charge in [-0.25, -0.2) is 0 Å². The molecule has 0 fully saturated rings. The van der Waals surface area contributed by atoms with E-state index < -0.39 is 0 Å². The lowest BCUT2D eigenvalue weighted by Crippen LogP contribution is -1.95. The minimum atomic E-state index is 0.250. The van der Waals surface area contributed by atoms with Gasteiger partial charge in [-0.05, 0) is 20.3 Å². The quantitative estimate of drug-likeness (QED) is 0.400. The molecule has 0 aromatic rings. The van der Waals surface area contributed by atoms with Crippen LogP contribution in [0.3, 0.4) is 0 Å². The van der Waals surface area contributed by atoms with E-state index in [0.29, 0.717) is 0 Å². The van der Waals surface area contributed by atoms with Crippen molar-refractivity contribution in [1.29, 1.82) is 0 Å². The molecule has 0 amide bonds. The van der Waals surface area contributed by atoms with Gasteiger partial charge < -0.3 is 0 Å². The van der Waals surface area contributed by atoms with Crippen LogP contribution in [-0.4, -0.2) is 5.38 Å². The molecular weight excluding hydrogens is 120 g/mol. The van der Waals surface area contributed by atoms with Crippen molar-refractivity contribution in [2.24, 2.45) is 0 Å². The third-order valence-corrected chi connectivity index (χ3v) is 1.96. The second kappa shape index (κ2) is 3.96. The van der Waals surface area contributed by atoms with E-state index in [9.17, 15) is 0 Å². The molecule has 0 heterocycles. The molecule has 0 aliphatic rings. The predicted octanol–water partition coefficient (Wildman–Crippen LogP) is 2.97. The van der Waals surface area contributed by atoms with Gasteiger partial charge in [-0.15, -0.1) is 11.6 Å². The maximum Gasteiger partial charge on any atom is 0.0539 e. The third kappa shape index (κ3) is 2.37. The Hall–Kier alpha value is 0.0300. The lowest BCUT2D eigenvalue weighted by Gasteiger charge is -2.03. The van der Waals surface area contributed by atoms with Gasteiger partial charge in [-0.3, -0.25) is 0 Å². The number of rotatable bonds is 2. The van der Waals surface area contributed by atoms with Crippen molar-refractivity contribution in [3.05, 3.63) is 11.6 Å². The van der Waals surface area contributed by atoms with Crippen LogP contribution in [0.1, 0.15) is 27.2 Å². The Morgan fingerprint density at radius 3 is 2.38 bits per heavy atom. The van der Waals surface area contributed by atoms with Crippen LogP contribution < -0.4 is 0 Å². The molecule has 0 saturated heterocycles. The molecule has 0 aliphatic heterocycles. The highest BCUT2D eigenvalue weighted by Crippen LogP contribution is 2.11. The zero-order valence-electron chi connectivity index (χ0n) is 5.74. The molecular formula is C7H13Cl. The summed E-state index contributed by atoms with van der Waals surface area (Å²) in [6.07, 6.45) is 3.08. The predicted molar refractivity (Wildman–Crippen MR) is 39.4 cm³/mol. The number of allylic oxidation sites excluding steroid dienone is 2. The summed E-state index contributed by atoms with van der Waals surface area (Å²) in [5, 5.41) is 0.250. The SMILES string of the molecule is CC=C(C)C(Cl)CC. The lowest BCUT2D eigenvalue weighted by molar-refractivity contribution is 0.912. The molecule has 0 rings (SSSR count). The summed E-state index contributed by atoms with van der Waals surface area (Å²) in [6.45, 7) is 6.16. The fraction of sp³-hybridized carbons (Fsp3) is 0.714. The van der Waals surface area contributed by atoms with Crippen LogP contribution in [0.4, 0.5) is 0 Å². The molecule has 1 heteroatoms. The van der Waals surface area contributed by atoms with Gasteiger partial charge in [-0.2, -0.15) is 0 Å². The Morgan fingerprint density at radius 1 is 1.75 bits per heavy atom. The Balaban J connectivity index is 3.63. The average Bonchev–Trinajstić information content (AvgIpc) is 1.84. The molecule has 0 nitrogen and oxygen atoms in total. The van der Waals surface area contributed by atoms with Crippen LogP contribution in [0.5, 0.6) is 0 Å². The zero-order valence-corrected chi connectivity index (χ0v) is 6.50. The Kier molecular flexibility index (Phi) is 3.98. The molecule has 0 N–H and O–H groups in total. The molecule has 0 bridgehead atoms. The number of hydrogen-bond donors (Lipinski definition) is 0. The highest BCUT2D eigenvalue weighted by atomic mass is 35.5. The minimum absolute atomic E-state index is 0.250. The summed E-state index contributed by atoms with van der Waals surface area (Å²) in [5.74, 6) is 0. The van der Waals surface area contributed by atoms with E-state index in [1.54, 1.807) is 0 Å². The summed E-state index contributed by atoms with van der Waals surface area (Å²) >= 11 is 5.85. The Bertz CT molecular complexity index is 84.4. The van der Waals surface area contributed by atoms with Crippen molar-refractivity contribution in [3.8, 4) is 0 Å². The topological polar surface area (TPSA) is 0 Å². The summed E-state index contributed by atoms with van der Waals surface area (Å²) in [5.41, 5.74) is 1.27. The second-order valence-corrected chi connectivity index (χ2v) is 2.44. The first-order valence-corrected chi connectivity index (χ1v) is 3.42. The van der Waals surface area contributed by atoms with Gasteiger partial charge in [0.05, 0.1) is 5.38 Å². The summed E-state index contributed by atoms with van der Waals surface area (Å²) in [4.78, 5) is 0. The summed E-state index contributed by atoms with van der Waals surface area (Å²) < 4.78 is 0. The van der Waals surface area contributed by atoms with Crippen LogP contribution in [0.2, 0.25) is 0 Å². The van der Waals surface area contributed by atoms with Gasteiger partial charge in [0.2, 0.25) is 0 Å². The van der Waals surface area contributed by atoms with E-state index in [1.165, 1.54) is 5.57 Å². The highest BCUT2D eigenvalue weighted by Gasteiger charge is 1.99. The van der Waals surface area contributed by atoms with E-state index in [4.69, 9.17) is 11.6 Å². The van der Waals surface area contributed by atoms with Crippen LogP contribution in [0.15, 0.2) is 11.6 Å². The maximum absolute atomic E-state index is 5.85. The fourth-order valence-corrected chi connectivity index (χ4v) is 0.629. The number of alkyl halides is 1. The van der Waals surface area contributed by atoms with Crippen molar-refractivity contribution < 1.29 is 0 Å². The molecule has 0 spiro atoms. The second-order valence-electron chi connectivity index (χ2n) is 1.91. The van der Waals surface area contributed by atoms with Crippen molar-refractivity contribution in [2.45, 2.75) is 32.6 Å². The molecule has 1 unspecified atom stereocenters. The summed E-state index contributed by atoms with van der Waals surface area (Å²) in [7, 11) is 0. The van der Waals surface area contributed by atoms with E-state index >= 15 is 0 Å². The number of hydrogen-bond acceptors (Lipinski definition) is 0. The van der Waals surface area contributed by atoms with Gasteiger partial charge in [0.15, 0.2) is 0 Å². The van der Waals surface area contributed by atoms with Gasteiger partial charge >= 0.3 is 0 Å². The zero-order chi connectivity index (χ0) is 6.57. The van der Waals surface area contributed by atoms with Gasteiger partial charge in [0.1, 0.15) is 0 Å². The average molecular weight is 133 g/mol. The minimum Gasteiger partial charge on any atom is -0.118 e. The van der Waals surface area contributed by atoms with Gasteiger partial charge in [0.25, 0.3) is 0 Å². The van der Waals surface area contributed by atoms with Crippen molar-refractivity contribution in [3.63, 3.8) is 0 Å². The van der Waals surface area contributed by atoms with Gasteiger partial charge in [0, 0.05) is 0 Å². The molecule has 8 heavy (non-hydrogen) atoms. The van der Waals surface area contributed by atoms with Crippen molar-refractivity contribution in [1.82, 2.24) is 0 Å². The van der Waals surface area contributed by atoms with Crippen LogP contribution in [0, 0.1) is 0 Å². The maximum atomic E-state index is 5.85. The number of halogens is 1. The Labute approximate surface area is 56.5 Å². The van der Waals surface area contributed by atoms with E-state index in [-0.39, 0.29) is 5.38 Å². The van der Waals surface area contributed by atoms with Crippen LogP contribution in [-0.2, 0) is 0 Å². The molecule has 0 saturated carbocycles. The molecule has 0 aromatic heterocycles. The van der Waals surface area contributed by atoms with Gasteiger partial charge in [-0.1, -0.05) is 18.6 Å². The fourth-order valence-electron chi connectivity index (χ4n) is 0.503. The smallest absolute Gasteiger partial charge is 0.0539 e. The first-order valence-electron chi connectivity index (χ1n) is 2.99. The highest BCUT2D eigenvalue weighted by molar-refractivity contribution is 6.22. The van der Waals surface area contributed by atoms with E-state index in [1.807, 2.05) is 6.92 Å². The molecule has 48 valence electrons. The summed E-state index contributed by atoms with van der Waals surface area (Å²) in [6, 6.07) is 0. The van der Waals surface area contributed by atoms with Crippen molar-refractivity contribution in [2.75, 3.05) is 0 Å². The van der Waals surface area contributed by atoms with Crippen molar-refractivity contribution >= 4 is 11.6 Å². The first-order chi connectivity index (χ1) is 3.72. The molecule has 1 atom stereocenters. The molecule has 0 aromatic carbocycles. The molecule has 0 aliphatic carbocycles. The first kappa shape index (κ1) is 8.03. The van der Waals surface area contributed by atoms with E-state index in [0.717, 1.165) is 6.42 Å². The lowest BCUT2D eigenvalue weighted by atomic mass is 10.2.